The Morgan fingerprint density at radius 3 is 2.78 bits per heavy atom. The smallest absolute Gasteiger partial charge is 0.176 e. The second-order valence-electron chi connectivity index (χ2n) is 3.60. The first-order valence-electron chi connectivity index (χ1n) is 5.38. The largest absolute Gasteiger partial charge is 0.495 e. The summed E-state index contributed by atoms with van der Waals surface area (Å²) < 4.78 is 5.32. The maximum Gasteiger partial charge on any atom is 0.176 e. The van der Waals surface area contributed by atoms with E-state index in [1.807, 2.05) is 29.9 Å². The van der Waals surface area contributed by atoms with Crippen LogP contribution in [0.25, 0.3) is 20.9 Å². The van der Waals surface area contributed by atoms with E-state index in [4.69, 9.17) is 4.74 Å². The van der Waals surface area contributed by atoms with Crippen LogP contribution < -0.4 is 10.1 Å². The summed E-state index contributed by atoms with van der Waals surface area (Å²) in [5.74, 6) is 2.38. The summed E-state index contributed by atoms with van der Waals surface area (Å²) in [6.07, 6.45) is 0. The van der Waals surface area contributed by atoms with Crippen molar-refractivity contribution in [2.75, 3.05) is 19.5 Å². The molecule has 0 aliphatic carbocycles. The van der Waals surface area contributed by atoms with E-state index in [2.05, 4.69) is 15.3 Å². The van der Waals surface area contributed by atoms with E-state index in [1.54, 1.807) is 29.8 Å². The summed E-state index contributed by atoms with van der Waals surface area (Å²) in [5, 5.41) is 8.18. The van der Waals surface area contributed by atoms with Crippen molar-refractivity contribution >= 4 is 38.7 Å². The summed E-state index contributed by atoms with van der Waals surface area (Å²) >= 11 is 3.20. The topological polar surface area (TPSA) is 47.0 Å². The number of hydrogen-bond acceptors (Lipinski definition) is 6. The number of hydrogen-bond donors (Lipinski definition) is 1. The summed E-state index contributed by atoms with van der Waals surface area (Å²) in [6.45, 7) is 0. The van der Waals surface area contributed by atoms with E-state index < -0.39 is 0 Å². The first kappa shape index (κ1) is 11.4. The third-order valence-corrected chi connectivity index (χ3v) is 4.31. The number of nitrogens with one attached hydrogen (secondary N) is 1. The molecule has 0 aliphatic rings. The fraction of sp³-hybridized carbons (Fsp3) is 0.167. The van der Waals surface area contributed by atoms with E-state index in [-0.39, 0.29) is 0 Å². The van der Waals surface area contributed by atoms with Gasteiger partial charge in [-0.2, -0.15) is 0 Å². The van der Waals surface area contributed by atoms with E-state index in [0.29, 0.717) is 5.82 Å². The van der Waals surface area contributed by atoms with Gasteiger partial charge in [0.2, 0.25) is 0 Å². The van der Waals surface area contributed by atoms with Crippen LogP contribution in [0.2, 0.25) is 0 Å². The van der Waals surface area contributed by atoms with Gasteiger partial charge in [0, 0.05) is 7.05 Å². The second-order valence-corrected chi connectivity index (χ2v) is 5.41. The molecule has 0 saturated carbocycles. The first-order valence-corrected chi connectivity index (χ1v) is 7.14. The molecule has 0 saturated heterocycles. The van der Waals surface area contributed by atoms with Crippen molar-refractivity contribution in [2.24, 2.45) is 0 Å². The Bertz CT molecular complexity index is 690. The molecule has 0 spiro atoms. The van der Waals surface area contributed by atoms with Crippen LogP contribution in [-0.2, 0) is 0 Å². The molecular weight excluding hydrogens is 266 g/mol. The summed E-state index contributed by atoms with van der Waals surface area (Å²) in [6, 6.07) is 3.96. The average molecular weight is 277 g/mol. The van der Waals surface area contributed by atoms with Crippen molar-refractivity contribution in [1.29, 1.82) is 0 Å². The second kappa shape index (κ2) is 4.55. The predicted octanol–water partition coefficient (Wildman–Crippen LogP) is 3.47. The molecule has 0 bridgehead atoms. The normalized spacial score (nSPS) is 10.8. The van der Waals surface area contributed by atoms with Crippen LogP contribution in [0.5, 0.6) is 5.75 Å². The number of rotatable bonds is 3. The van der Waals surface area contributed by atoms with Crippen LogP contribution >= 0.6 is 22.7 Å². The minimum absolute atomic E-state index is 0.709. The molecule has 4 nitrogen and oxygen atoms in total. The summed E-state index contributed by atoms with van der Waals surface area (Å²) in [5.41, 5.74) is 0. The molecule has 6 heteroatoms. The molecule has 1 N–H and O–H groups in total. The molecule has 0 aliphatic heterocycles. The lowest BCUT2D eigenvalue weighted by atomic mass is 10.3. The lowest BCUT2D eigenvalue weighted by Gasteiger charge is -2.05. The molecule has 0 fully saturated rings. The number of thiophene rings is 2. The van der Waals surface area contributed by atoms with Crippen molar-refractivity contribution < 1.29 is 4.74 Å². The third-order valence-electron chi connectivity index (χ3n) is 2.61. The number of anilines is 1. The molecular formula is C12H11N3OS2. The van der Waals surface area contributed by atoms with Gasteiger partial charge in [0.1, 0.15) is 21.3 Å². The highest BCUT2D eigenvalue weighted by molar-refractivity contribution is 7.17. The zero-order valence-electron chi connectivity index (χ0n) is 9.93. The molecule has 3 aromatic rings. The van der Waals surface area contributed by atoms with Gasteiger partial charge in [0.05, 0.1) is 12.5 Å². The van der Waals surface area contributed by atoms with Crippen LogP contribution in [0.1, 0.15) is 0 Å². The molecule has 18 heavy (non-hydrogen) atoms. The molecule has 3 heterocycles. The fourth-order valence-corrected chi connectivity index (χ4v) is 3.32. The van der Waals surface area contributed by atoms with E-state index in [0.717, 1.165) is 26.7 Å². The standard InChI is InChI=1S/C12H11N3OS2/c1-13-10-7-3-5-18-12(7)15-11(14-10)9-8(16-2)4-6-17-9/h3-6H,1-2H3,(H,13,14,15). The Kier molecular flexibility index (Phi) is 2.89. The minimum atomic E-state index is 0.709. The SMILES string of the molecule is CNc1nc(-c2sccc2OC)nc2sccc12. The van der Waals surface area contributed by atoms with Gasteiger partial charge in [-0.3, -0.25) is 0 Å². The average Bonchev–Trinajstić information content (AvgIpc) is 3.05. The maximum atomic E-state index is 5.32. The van der Waals surface area contributed by atoms with Gasteiger partial charge in [0.15, 0.2) is 5.82 Å². The zero-order chi connectivity index (χ0) is 12.5. The van der Waals surface area contributed by atoms with Crippen LogP contribution in [0.3, 0.4) is 0 Å². The molecule has 0 aromatic carbocycles. The van der Waals surface area contributed by atoms with Gasteiger partial charge in [-0.15, -0.1) is 22.7 Å². The lowest BCUT2D eigenvalue weighted by Crippen LogP contribution is -1.97. The number of aromatic nitrogens is 2. The number of ether oxygens (including phenoxy) is 1. The fourth-order valence-electron chi connectivity index (χ4n) is 1.77. The highest BCUT2D eigenvalue weighted by Gasteiger charge is 2.14. The Hall–Kier alpha value is -1.66. The van der Waals surface area contributed by atoms with Crippen molar-refractivity contribution in [1.82, 2.24) is 9.97 Å². The molecule has 0 radical (unpaired) electrons. The molecule has 0 atom stereocenters. The molecule has 3 aromatic heterocycles. The lowest BCUT2D eigenvalue weighted by molar-refractivity contribution is 0.418. The van der Waals surface area contributed by atoms with Crippen LogP contribution in [-0.4, -0.2) is 24.1 Å². The third kappa shape index (κ3) is 1.74. The van der Waals surface area contributed by atoms with E-state index >= 15 is 0 Å². The number of fused-ring (bicyclic) bond motifs is 1. The molecule has 0 amide bonds. The van der Waals surface area contributed by atoms with Gasteiger partial charge < -0.3 is 10.1 Å². The van der Waals surface area contributed by atoms with Crippen molar-refractivity contribution in [3.63, 3.8) is 0 Å². The van der Waals surface area contributed by atoms with Crippen molar-refractivity contribution in [3.05, 3.63) is 22.9 Å². The molecule has 92 valence electrons. The Balaban J connectivity index is 2.23. The summed E-state index contributed by atoms with van der Waals surface area (Å²) in [7, 11) is 3.53. The quantitative estimate of drug-likeness (QED) is 0.796. The predicted molar refractivity (Wildman–Crippen MR) is 76.8 cm³/mol. The van der Waals surface area contributed by atoms with Crippen LogP contribution in [0.4, 0.5) is 5.82 Å². The highest BCUT2D eigenvalue weighted by atomic mass is 32.1. The van der Waals surface area contributed by atoms with Gasteiger partial charge >= 0.3 is 0 Å². The van der Waals surface area contributed by atoms with Crippen molar-refractivity contribution in [2.45, 2.75) is 0 Å². The van der Waals surface area contributed by atoms with Crippen LogP contribution in [0.15, 0.2) is 22.9 Å². The van der Waals surface area contributed by atoms with E-state index in [9.17, 15) is 0 Å². The number of nitrogens with zero attached hydrogens (tertiary/aromatic N) is 2. The number of methoxy groups -OCH3 is 1. The minimum Gasteiger partial charge on any atom is -0.495 e. The maximum absolute atomic E-state index is 5.32. The highest BCUT2D eigenvalue weighted by Crippen LogP contribution is 2.36. The zero-order valence-corrected chi connectivity index (χ0v) is 11.6. The Labute approximate surface area is 112 Å². The summed E-state index contributed by atoms with van der Waals surface area (Å²) in [4.78, 5) is 11.1. The van der Waals surface area contributed by atoms with Gasteiger partial charge in [-0.1, -0.05) is 0 Å². The molecule has 0 unspecified atom stereocenters. The molecule has 3 rings (SSSR count). The van der Waals surface area contributed by atoms with Crippen LogP contribution in [0, 0.1) is 0 Å². The Morgan fingerprint density at radius 2 is 2.00 bits per heavy atom. The van der Waals surface area contributed by atoms with Crippen molar-refractivity contribution in [3.8, 4) is 16.5 Å². The van der Waals surface area contributed by atoms with Gasteiger partial charge in [0.25, 0.3) is 0 Å². The monoisotopic (exact) mass is 277 g/mol. The first-order chi connectivity index (χ1) is 8.83. The van der Waals surface area contributed by atoms with E-state index in [1.165, 1.54) is 0 Å². The Morgan fingerprint density at radius 1 is 1.17 bits per heavy atom. The van der Waals surface area contributed by atoms with Gasteiger partial charge in [-0.05, 0) is 22.9 Å². The van der Waals surface area contributed by atoms with Gasteiger partial charge in [-0.25, -0.2) is 9.97 Å².